The number of amides is 2. The van der Waals surface area contributed by atoms with E-state index in [1.54, 1.807) is 0 Å². The lowest BCUT2D eigenvalue weighted by atomic mass is 10.2. The van der Waals surface area contributed by atoms with Gasteiger partial charge < -0.3 is 15.1 Å². The molecule has 0 aliphatic heterocycles. The number of sulfonamides is 1. The molecule has 2 aromatic carbocycles. The van der Waals surface area contributed by atoms with Gasteiger partial charge in [0.05, 0.1) is 17.2 Å². The van der Waals surface area contributed by atoms with E-state index in [1.165, 1.54) is 38.4 Å². The van der Waals surface area contributed by atoms with E-state index in [2.05, 4.69) is 20.8 Å². The van der Waals surface area contributed by atoms with Gasteiger partial charge in [0.1, 0.15) is 0 Å². The van der Waals surface area contributed by atoms with Crippen LogP contribution in [-0.4, -0.2) is 54.6 Å². The molecule has 2 N–H and O–H groups in total. The van der Waals surface area contributed by atoms with Gasteiger partial charge in [-0.1, -0.05) is 42.1 Å². The minimum atomic E-state index is -3.56. The summed E-state index contributed by atoms with van der Waals surface area (Å²) in [6.07, 6.45) is 0. The Labute approximate surface area is 195 Å². The molecule has 0 aliphatic carbocycles. The number of rotatable bonds is 10. The van der Waals surface area contributed by atoms with Gasteiger partial charge in [0.2, 0.25) is 21.8 Å². The molecule has 0 bridgehead atoms. The number of nitrogens with zero attached hydrogens (tertiary/aromatic N) is 3. The van der Waals surface area contributed by atoms with Gasteiger partial charge in [-0.15, -0.1) is 10.2 Å². The van der Waals surface area contributed by atoms with Gasteiger partial charge in [0.25, 0.3) is 11.1 Å². The number of thioether (sulfide) groups is 1. The topological polar surface area (TPSA) is 134 Å². The third-order valence-electron chi connectivity index (χ3n) is 4.40. The second-order valence-corrected chi connectivity index (χ2v) is 10.1. The quantitative estimate of drug-likeness (QED) is 0.411. The third-order valence-corrected chi connectivity index (χ3v) is 7.05. The van der Waals surface area contributed by atoms with Crippen molar-refractivity contribution in [3.05, 3.63) is 71.6 Å². The first-order valence-corrected chi connectivity index (χ1v) is 12.2. The van der Waals surface area contributed by atoms with E-state index in [1.807, 2.05) is 30.3 Å². The van der Waals surface area contributed by atoms with Crippen LogP contribution in [0.5, 0.6) is 0 Å². The van der Waals surface area contributed by atoms with Crippen molar-refractivity contribution in [2.24, 2.45) is 0 Å². The molecular weight excluding hydrogens is 466 g/mol. The van der Waals surface area contributed by atoms with E-state index in [-0.39, 0.29) is 39.8 Å². The summed E-state index contributed by atoms with van der Waals surface area (Å²) in [5.74, 6) is -0.293. The lowest BCUT2D eigenvalue weighted by molar-refractivity contribution is -0.118. The van der Waals surface area contributed by atoms with E-state index in [4.69, 9.17) is 4.42 Å². The van der Waals surface area contributed by atoms with Gasteiger partial charge >= 0.3 is 0 Å². The number of benzene rings is 2. The summed E-state index contributed by atoms with van der Waals surface area (Å²) in [5.41, 5.74) is 1.29. The van der Waals surface area contributed by atoms with Crippen LogP contribution >= 0.6 is 11.8 Å². The highest BCUT2D eigenvalue weighted by Gasteiger charge is 2.18. The van der Waals surface area contributed by atoms with Crippen LogP contribution in [0.15, 0.2) is 69.1 Å². The van der Waals surface area contributed by atoms with Gasteiger partial charge in [-0.2, -0.15) is 0 Å². The van der Waals surface area contributed by atoms with Crippen LogP contribution in [0, 0.1) is 0 Å². The highest BCUT2D eigenvalue weighted by atomic mass is 32.2. The normalized spacial score (nSPS) is 11.4. The lowest BCUT2D eigenvalue weighted by Crippen LogP contribution is -2.24. The molecule has 12 heteroatoms. The summed E-state index contributed by atoms with van der Waals surface area (Å²) < 4.78 is 30.7. The van der Waals surface area contributed by atoms with Crippen molar-refractivity contribution >= 4 is 33.6 Å². The van der Waals surface area contributed by atoms with Gasteiger partial charge in [-0.05, 0) is 29.8 Å². The molecule has 0 spiro atoms. The molecule has 3 rings (SSSR count). The fourth-order valence-corrected chi connectivity index (χ4v) is 4.10. The molecule has 33 heavy (non-hydrogen) atoms. The first-order chi connectivity index (χ1) is 15.8. The molecule has 0 saturated carbocycles. The first-order valence-electron chi connectivity index (χ1n) is 9.82. The standard InChI is InChI=1S/C21H23N5O5S2/c1-26(2)33(29,30)17-10-8-16(9-11-17)20(28)23-13-19-24-25-21(31-19)32-14-18(27)22-12-15-6-4-3-5-7-15/h3-11H,12-14H2,1-2H3,(H,22,27)(H,23,28). The second-order valence-electron chi connectivity index (χ2n) is 7.01. The summed E-state index contributed by atoms with van der Waals surface area (Å²) in [6.45, 7) is 0.424. The van der Waals surface area contributed by atoms with Crippen LogP contribution in [0.4, 0.5) is 0 Å². The fraction of sp³-hybridized carbons (Fsp3) is 0.238. The second kappa shape index (κ2) is 11.1. The minimum Gasteiger partial charge on any atom is -0.414 e. The van der Waals surface area contributed by atoms with E-state index >= 15 is 0 Å². The van der Waals surface area contributed by atoms with Crippen LogP contribution in [0.25, 0.3) is 0 Å². The van der Waals surface area contributed by atoms with E-state index in [0.717, 1.165) is 21.6 Å². The largest absolute Gasteiger partial charge is 0.414 e. The number of aromatic nitrogens is 2. The van der Waals surface area contributed by atoms with E-state index < -0.39 is 15.9 Å². The van der Waals surface area contributed by atoms with Gasteiger partial charge in [0, 0.05) is 26.2 Å². The monoisotopic (exact) mass is 489 g/mol. The Hall–Kier alpha value is -3.22. The van der Waals surface area contributed by atoms with E-state index in [0.29, 0.717) is 6.54 Å². The molecule has 0 aliphatic rings. The van der Waals surface area contributed by atoms with Crippen LogP contribution in [0.2, 0.25) is 0 Å². The van der Waals surface area contributed by atoms with E-state index in [9.17, 15) is 18.0 Å². The fourth-order valence-electron chi connectivity index (χ4n) is 2.59. The average molecular weight is 490 g/mol. The number of hydrogen-bond donors (Lipinski definition) is 2. The number of carbonyl (C=O) groups is 2. The van der Waals surface area contributed by atoms with Gasteiger partial charge in [-0.3, -0.25) is 9.59 Å². The molecule has 3 aromatic rings. The molecule has 174 valence electrons. The number of nitrogens with one attached hydrogen (secondary N) is 2. The Morgan fingerprint density at radius 3 is 2.33 bits per heavy atom. The third kappa shape index (κ3) is 6.88. The molecule has 0 saturated heterocycles. The maximum absolute atomic E-state index is 12.3. The van der Waals surface area contributed by atoms with Gasteiger partial charge in [0.15, 0.2) is 0 Å². The van der Waals surface area contributed by atoms with Crippen LogP contribution in [0.3, 0.4) is 0 Å². The molecule has 2 amide bonds. The molecule has 0 fully saturated rings. The highest BCUT2D eigenvalue weighted by molar-refractivity contribution is 7.99. The van der Waals surface area contributed by atoms with Crippen LogP contribution in [0.1, 0.15) is 21.8 Å². The average Bonchev–Trinajstić information content (AvgIpc) is 3.28. The summed E-state index contributed by atoms with van der Waals surface area (Å²) in [4.78, 5) is 24.4. The predicted molar refractivity (Wildman–Crippen MR) is 122 cm³/mol. The molecular formula is C21H23N5O5S2. The van der Waals surface area contributed by atoms with Crippen molar-refractivity contribution in [3.8, 4) is 0 Å². The summed E-state index contributed by atoms with van der Waals surface area (Å²) in [6, 6.07) is 15.1. The number of carbonyl (C=O) groups excluding carboxylic acids is 2. The van der Waals surface area contributed by atoms with Crippen molar-refractivity contribution in [3.63, 3.8) is 0 Å². The zero-order valence-electron chi connectivity index (χ0n) is 18.0. The van der Waals surface area contributed by atoms with Gasteiger partial charge in [-0.25, -0.2) is 12.7 Å². The molecule has 1 heterocycles. The SMILES string of the molecule is CN(C)S(=O)(=O)c1ccc(C(=O)NCc2nnc(SCC(=O)NCc3ccccc3)o2)cc1. The number of hydrogen-bond acceptors (Lipinski definition) is 8. The van der Waals surface area contributed by atoms with Crippen molar-refractivity contribution in [2.75, 3.05) is 19.8 Å². The maximum atomic E-state index is 12.3. The molecule has 10 nitrogen and oxygen atoms in total. The van der Waals surface area contributed by atoms with Crippen LogP contribution in [-0.2, 0) is 27.9 Å². The maximum Gasteiger partial charge on any atom is 0.277 e. The first kappa shape index (κ1) is 24.4. The molecule has 1 aromatic heterocycles. The Morgan fingerprint density at radius 2 is 1.67 bits per heavy atom. The smallest absolute Gasteiger partial charge is 0.277 e. The van der Waals surface area contributed by atoms with Crippen molar-refractivity contribution in [2.45, 2.75) is 23.2 Å². The van der Waals surface area contributed by atoms with Crippen molar-refractivity contribution in [1.82, 2.24) is 25.1 Å². The predicted octanol–water partition coefficient (Wildman–Crippen LogP) is 1.66. The Balaban J connectivity index is 1.44. The Morgan fingerprint density at radius 1 is 0.970 bits per heavy atom. The Bertz CT molecular complexity index is 1200. The summed E-state index contributed by atoms with van der Waals surface area (Å²) in [7, 11) is -0.695. The van der Waals surface area contributed by atoms with Crippen LogP contribution < -0.4 is 10.6 Å². The molecule has 0 unspecified atom stereocenters. The lowest BCUT2D eigenvalue weighted by Gasteiger charge is -2.11. The van der Waals surface area contributed by atoms with Crippen molar-refractivity contribution < 1.29 is 22.4 Å². The summed E-state index contributed by atoms with van der Waals surface area (Å²) >= 11 is 1.10. The minimum absolute atomic E-state index is 0.00958. The zero-order chi connectivity index (χ0) is 23.8. The summed E-state index contributed by atoms with van der Waals surface area (Å²) in [5, 5.41) is 13.4. The zero-order valence-corrected chi connectivity index (χ0v) is 19.6. The highest BCUT2D eigenvalue weighted by Crippen LogP contribution is 2.16. The Kier molecular flexibility index (Phi) is 8.20. The molecule has 0 radical (unpaired) electrons. The molecule has 0 atom stereocenters. The van der Waals surface area contributed by atoms with Crippen molar-refractivity contribution in [1.29, 1.82) is 0 Å².